The van der Waals surface area contributed by atoms with E-state index in [-0.39, 0.29) is 5.75 Å². The monoisotopic (exact) mass is 440 g/mol. The first-order valence-corrected chi connectivity index (χ1v) is 9.87. The van der Waals surface area contributed by atoms with Crippen molar-refractivity contribution in [1.82, 2.24) is 24.9 Å². The number of pyridine rings is 1. The normalized spacial score (nSPS) is 16.2. The Labute approximate surface area is 175 Å². The van der Waals surface area contributed by atoms with Crippen LogP contribution in [-0.4, -0.2) is 57.9 Å². The highest BCUT2D eigenvalue weighted by Gasteiger charge is 2.31. The van der Waals surface area contributed by atoms with Crippen molar-refractivity contribution >= 4 is 28.6 Å². The molecule has 0 spiro atoms. The Morgan fingerprint density at radius 1 is 1.23 bits per heavy atom. The Morgan fingerprint density at radius 2 is 2.00 bits per heavy atom. The van der Waals surface area contributed by atoms with Gasteiger partial charge in [0.15, 0.2) is 5.65 Å². The van der Waals surface area contributed by atoms with E-state index < -0.39 is 6.36 Å². The molecule has 1 N–H and O–H groups in total. The van der Waals surface area contributed by atoms with E-state index in [0.29, 0.717) is 33.6 Å². The quantitative estimate of drug-likeness (QED) is 0.643. The van der Waals surface area contributed by atoms with E-state index >= 15 is 0 Å². The number of rotatable bonds is 5. The summed E-state index contributed by atoms with van der Waals surface area (Å²) >= 11 is 6.34. The maximum atomic E-state index is 12.5. The lowest BCUT2D eigenvalue weighted by atomic mass is 9.97. The van der Waals surface area contributed by atoms with Crippen LogP contribution in [0.2, 0.25) is 5.02 Å². The molecule has 1 aromatic carbocycles. The van der Waals surface area contributed by atoms with Gasteiger partial charge in [-0.1, -0.05) is 22.9 Å². The number of hydrogen-bond acceptors (Lipinski definition) is 6. The first kappa shape index (κ1) is 20.7. The third kappa shape index (κ3) is 4.76. The van der Waals surface area contributed by atoms with E-state index in [4.69, 9.17) is 11.6 Å². The number of hydrogen-bond donors (Lipinski definition) is 1. The van der Waals surface area contributed by atoms with Crippen LogP contribution >= 0.6 is 11.6 Å². The minimum atomic E-state index is -4.78. The van der Waals surface area contributed by atoms with Crippen molar-refractivity contribution in [2.24, 2.45) is 5.92 Å². The van der Waals surface area contributed by atoms with Crippen molar-refractivity contribution in [2.75, 3.05) is 32.0 Å². The van der Waals surface area contributed by atoms with Gasteiger partial charge in [0.2, 0.25) is 0 Å². The summed E-state index contributed by atoms with van der Waals surface area (Å²) in [4.78, 5) is 6.84. The molecular weight excluding hydrogens is 421 g/mol. The molecule has 0 aliphatic carbocycles. The second-order valence-electron chi connectivity index (χ2n) is 7.34. The Morgan fingerprint density at radius 3 is 2.73 bits per heavy atom. The number of ether oxygens (including phenoxy) is 1. The van der Waals surface area contributed by atoms with E-state index in [2.05, 4.69) is 37.3 Å². The lowest BCUT2D eigenvalue weighted by Gasteiger charge is -2.29. The van der Waals surface area contributed by atoms with Gasteiger partial charge in [0.1, 0.15) is 17.1 Å². The lowest BCUT2D eigenvalue weighted by molar-refractivity contribution is -0.274. The van der Waals surface area contributed by atoms with Gasteiger partial charge >= 0.3 is 6.36 Å². The van der Waals surface area contributed by atoms with Crippen molar-refractivity contribution in [3.05, 3.63) is 35.4 Å². The van der Waals surface area contributed by atoms with Crippen LogP contribution in [0.4, 0.5) is 19.0 Å². The molecule has 0 unspecified atom stereocenters. The predicted octanol–water partition coefficient (Wildman–Crippen LogP) is 4.12. The third-order valence-corrected chi connectivity index (χ3v) is 5.36. The molecule has 160 valence electrons. The van der Waals surface area contributed by atoms with Gasteiger partial charge in [0.25, 0.3) is 0 Å². The molecule has 0 saturated carbocycles. The summed E-state index contributed by atoms with van der Waals surface area (Å²) in [6.07, 6.45) is -2.59. The number of nitrogens with zero attached hydrogens (tertiary/aromatic N) is 5. The van der Waals surface area contributed by atoms with Gasteiger partial charge in [0, 0.05) is 12.6 Å². The van der Waals surface area contributed by atoms with E-state index in [9.17, 15) is 13.2 Å². The molecule has 1 fully saturated rings. The van der Waals surface area contributed by atoms with Crippen LogP contribution in [0, 0.1) is 5.92 Å². The van der Waals surface area contributed by atoms with Crippen molar-refractivity contribution in [1.29, 1.82) is 0 Å². The zero-order valence-corrected chi connectivity index (χ0v) is 16.9. The van der Waals surface area contributed by atoms with Crippen molar-refractivity contribution in [3.8, 4) is 11.4 Å². The molecule has 3 aromatic rings. The topological polar surface area (TPSA) is 68.1 Å². The molecule has 11 heteroatoms. The van der Waals surface area contributed by atoms with Crippen LogP contribution in [0.25, 0.3) is 16.9 Å². The van der Waals surface area contributed by atoms with E-state index in [1.165, 1.54) is 22.9 Å². The number of benzene rings is 1. The number of nitrogens with one attached hydrogen (secondary N) is 1. The van der Waals surface area contributed by atoms with E-state index in [1.807, 2.05) is 0 Å². The predicted molar refractivity (Wildman–Crippen MR) is 107 cm³/mol. The SMILES string of the molecule is CN1CCC(CNc2nc3c(cc2Cl)nnn3-c2cccc(OC(F)(F)F)c2)CC1. The molecule has 30 heavy (non-hydrogen) atoms. The van der Waals surface area contributed by atoms with Gasteiger partial charge in [-0.15, -0.1) is 18.3 Å². The molecule has 0 amide bonds. The summed E-state index contributed by atoms with van der Waals surface area (Å²) in [5, 5.41) is 11.8. The molecule has 7 nitrogen and oxygen atoms in total. The van der Waals surface area contributed by atoms with Crippen molar-refractivity contribution < 1.29 is 17.9 Å². The van der Waals surface area contributed by atoms with Crippen LogP contribution in [-0.2, 0) is 0 Å². The second kappa shape index (κ2) is 8.27. The summed E-state index contributed by atoms with van der Waals surface area (Å²) < 4.78 is 42.9. The summed E-state index contributed by atoms with van der Waals surface area (Å²) in [5.74, 6) is 0.668. The second-order valence-corrected chi connectivity index (χ2v) is 7.74. The maximum absolute atomic E-state index is 12.5. The third-order valence-electron chi connectivity index (χ3n) is 5.07. The first-order valence-electron chi connectivity index (χ1n) is 9.49. The highest BCUT2D eigenvalue weighted by Crippen LogP contribution is 2.28. The number of piperidine rings is 1. The van der Waals surface area contributed by atoms with Gasteiger partial charge in [0.05, 0.1) is 10.7 Å². The maximum Gasteiger partial charge on any atom is 0.573 e. The van der Waals surface area contributed by atoms with E-state index in [1.54, 1.807) is 12.1 Å². The molecule has 0 radical (unpaired) electrons. The molecule has 2 aromatic heterocycles. The van der Waals surface area contributed by atoms with Crippen LogP contribution in [0.3, 0.4) is 0 Å². The zero-order chi connectivity index (χ0) is 21.3. The number of likely N-dealkylation sites (tertiary alicyclic amines) is 1. The fourth-order valence-corrected chi connectivity index (χ4v) is 3.66. The molecule has 4 rings (SSSR count). The average molecular weight is 441 g/mol. The Balaban J connectivity index is 1.58. The Bertz CT molecular complexity index is 1030. The summed E-state index contributed by atoms with van der Waals surface area (Å²) in [7, 11) is 2.11. The first-order chi connectivity index (χ1) is 14.3. The number of anilines is 1. The smallest absolute Gasteiger partial charge is 0.406 e. The molecule has 1 saturated heterocycles. The Hall–Kier alpha value is -2.59. The molecule has 0 atom stereocenters. The molecule has 1 aliphatic rings. The van der Waals surface area contributed by atoms with Crippen LogP contribution in [0.5, 0.6) is 5.75 Å². The van der Waals surface area contributed by atoms with Crippen LogP contribution in [0.15, 0.2) is 30.3 Å². The molecule has 0 bridgehead atoms. The fourth-order valence-electron chi connectivity index (χ4n) is 3.45. The van der Waals surface area contributed by atoms with E-state index in [0.717, 1.165) is 32.5 Å². The van der Waals surface area contributed by atoms with Gasteiger partial charge in [-0.05, 0) is 57.1 Å². The van der Waals surface area contributed by atoms with Gasteiger partial charge in [-0.25, -0.2) is 4.98 Å². The van der Waals surface area contributed by atoms with Crippen LogP contribution in [0.1, 0.15) is 12.8 Å². The minimum Gasteiger partial charge on any atom is -0.406 e. The van der Waals surface area contributed by atoms with Gasteiger partial charge in [-0.2, -0.15) is 4.68 Å². The van der Waals surface area contributed by atoms with Crippen molar-refractivity contribution in [2.45, 2.75) is 19.2 Å². The molecule has 3 heterocycles. The molecule has 1 aliphatic heterocycles. The van der Waals surface area contributed by atoms with Crippen LogP contribution < -0.4 is 10.1 Å². The lowest BCUT2D eigenvalue weighted by Crippen LogP contribution is -2.33. The number of aromatic nitrogens is 4. The Kier molecular flexibility index (Phi) is 5.70. The zero-order valence-electron chi connectivity index (χ0n) is 16.2. The summed E-state index contributed by atoms with van der Waals surface area (Å²) in [6.45, 7) is 2.85. The highest BCUT2D eigenvalue weighted by atomic mass is 35.5. The number of halogens is 4. The van der Waals surface area contributed by atoms with Gasteiger partial charge in [-0.3, -0.25) is 0 Å². The largest absolute Gasteiger partial charge is 0.573 e. The molecular formula is C19H20ClF3N6O. The number of alkyl halides is 3. The average Bonchev–Trinajstić information content (AvgIpc) is 3.09. The fraction of sp³-hybridized carbons (Fsp3) is 0.421. The van der Waals surface area contributed by atoms with Crippen molar-refractivity contribution in [3.63, 3.8) is 0 Å². The summed E-state index contributed by atoms with van der Waals surface area (Å²) in [6, 6.07) is 7.12. The van der Waals surface area contributed by atoms with Gasteiger partial charge < -0.3 is 15.0 Å². The summed E-state index contributed by atoms with van der Waals surface area (Å²) in [5.41, 5.74) is 1.16. The standard InChI is InChI=1S/C19H20ClF3N6O/c1-28-7-5-12(6-8-28)11-24-17-15(20)10-16-18(25-17)29(27-26-16)13-3-2-4-14(9-13)30-19(21,22)23/h2-4,9-10,12H,5-8,11H2,1H3,(H,24,25). The number of fused-ring (bicyclic) bond motifs is 1. The highest BCUT2D eigenvalue weighted by molar-refractivity contribution is 6.33. The minimum absolute atomic E-state index is 0.343.